The van der Waals surface area contributed by atoms with Crippen LogP contribution in [-0.4, -0.2) is 79.7 Å². The molecule has 2 aromatic heterocycles. The number of hydrogen-bond acceptors (Lipinski definition) is 9. The van der Waals surface area contributed by atoms with E-state index in [2.05, 4.69) is 15.3 Å². The van der Waals surface area contributed by atoms with Crippen LogP contribution in [0.2, 0.25) is 0 Å². The minimum Gasteiger partial charge on any atom is -0.490 e. The summed E-state index contributed by atoms with van der Waals surface area (Å²) >= 11 is 0. The summed E-state index contributed by atoms with van der Waals surface area (Å²) in [6, 6.07) is 4.85. The Bertz CT molecular complexity index is 1240. The maximum absolute atomic E-state index is 13.2. The van der Waals surface area contributed by atoms with Gasteiger partial charge in [0.25, 0.3) is 5.91 Å². The van der Waals surface area contributed by atoms with Crippen molar-refractivity contribution in [3.8, 4) is 11.8 Å². The molecule has 0 bridgehead atoms. The van der Waals surface area contributed by atoms with Crippen LogP contribution in [0, 0.1) is 11.3 Å². The van der Waals surface area contributed by atoms with Gasteiger partial charge in [-0.2, -0.15) is 5.26 Å². The van der Waals surface area contributed by atoms with Crippen molar-refractivity contribution in [1.29, 1.82) is 5.26 Å². The highest BCUT2D eigenvalue weighted by atomic mass is 16.5. The van der Waals surface area contributed by atoms with Crippen LogP contribution in [0.4, 0.5) is 16.4 Å². The van der Waals surface area contributed by atoms with Gasteiger partial charge in [0.15, 0.2) is 6.29 Å². The number of ether oxygens (including phenoxy) is 3. The number of pyridine rings is 2. The summed E-state index contributed by atoms with van der Waals surface area (Å²) in [5, 5.41) is 12.0. The number of aldehydes is 1. The molecule has 12 nitrogen and oxygen atoms in total. The number of anilines is 2. The van der Waals surface area contributed by atoms with E-state index in [1.165, 1.54) is 17.2 Å². The predicted octanol–water partition coefficient (Wildman–Crippen LogP) is 2.31. The van der Waals surface area contributed by atoms with Crippen molar-refractivity contribution >= 4 is 29.9 Å². The Labute approximate surface area is 220 Å². The first-order valence-corrected chi connectivity index (χ1v) is 12.4. The highest BCUT2D eigenvalue weighted by Crippen LogP contribution is 2.29. The Hall–Kier alpha value is -4.08. The van der Waals surface area contributed by atoms with Gasteiger partial charge >= 0.3 is 6.03 Å². The molecule has 200 valence electrons. The molecule has 4 heterocycles. The van der Waals surface area contributed by atoms with E-state index in [1.54, 1.807) is 19.1 Å². The molecule has 2 aliphatic heterocycles. The van der Waals surface area contributed by atoms with Gasteiger partial charge in [-0.1, -0.05) is 0 Å². The number of fused-ring (bicyclic) bond motifs is 1. The number of methoxy groups -OCH3 is 1. The second kappa shape index (κ2) is 12.4. The number of nitrogens with one attached hydrogen (secondary N) is 1. The molecular weight excluding hydrogens is 492 g/mol. The van der Waals surface area contributed by atoms with E-state index in [4.69, 9.17) is 14.2 Å². The van der Waals surface area contributed by atoms with E-state index in [0.717, 1.165) is 12.0 Å². The lowest BCUT2D eigenvalue weighted by Crippen LogP contribution is -2.40. The van der Waals surface area contributed by atoms with Crippen LogP contribution in [0.5, 0.6) is 5.75 Å². The van der Waals surface area contributed by atoms with Gasteiger partial charge in [-0.25, -0.2) is 14.8 Å². The number of likely N-dealkylation sites (N-methyl/N-ethyl adjacent to an activating group) is 1. The molecule has 2 aromatic rings. The lowest BCUT2D eigenvalue weighted by atomic mass is 10.0. The molecular formula is C26H30N6O6. The first-order chi connectivity index (χ1) is 18.4. The fourth-order valence-corrected chi connectivity index (χ4v) is 4.46. The average Bonchev–Trinajstić information content (AvgIpc) is 3.47. The summed E-state index contributed by atoms with van der Waals surface area (Å²) in [6.07, 6.45) is 4.41. The summed E-state index contributed by atoms with van der Waals surface area (Å²) in [6.45, 7) is 1.75. The average molecular weight is 523 g/mol. The number of aromatic nitrogens is 2. The molecule has 2 aliphatic rings. The van der Waals surface area contributed by atoms with Gasteiger partial charge < -0.3 is 19.1 Å². The van der Waals surface area contributed by atoms with Crippen molar-refractivity contribution < 1.29 is 28.6 Å². The SMILES string of the molecule is COCCOc1cc(NC(=O)N2CCCc3cc(CN(C)C(=O)C4CCCO4)c(C=O)nc32)ncc1C#N. The molecule has 0 aromatic carbocycles. The van der Waals surface area contributed by atoms with Crippen LogP contribution < -0.4 is 15.0 Å². The molecule has 1 unspecified atom stereocenters. The standard InChI is InChI=1S/C26H30N6O6/c1-31(25(34)21-6-4-8-37-21)15-18-11-17-5-3-7-32(24(17)29-20(18)16-33)26(35)30-23-12-22(38-10-9-36-2)19(13-27)14-28-23/h11-12,14,16,21H,3-10,15H2,1-2H3,(H,28,30,35). The van der Waals surface area contributed by atoms with Crippen molar-refractivity contribution in [1.82, 2.24) is 14.9 Å². The largest absolute Gasteiger partial charge is 0.490 e. The molecule has 12 heteroatoms. The van der Waals surface area contributed by atoms with Crippen molar-refractivity contribution in [2.45, 2.75) is 38.3 Å². The molecule has 1 saturated heterocycles. The van der Waals surface area contributed by atoms with Crippen molar-refractivity contribution in [2.75, 3.05) is 50.7 Å². The third kappa shape index (κ3) is 6.07. The molecule has 38 heavy (non-hydrogen) atoms. The van der Waals surface area contributed by atoms with Crippen LogP contribution in [-0.2, 0) is 27.2 Å². The smallest absolute Gasteiger partial charge is 0.328 e. The van der Waals surface area contributed by atoms with Crippen LogP contribution in [0.1, 0.15) is 46.4 Å². The number of hydrogen-bond donors (Lipinski definition) is 1. The van der Waals surface area contributed by atoms with Gasteiger partial charge in [-0.3, -0.25) is 19.8 Å². The first-order valence-electron chi connectivity index (χ1n) is 12.4. The number of carbonyl (C=O) groups is 3. The van der Waals surface area contributed by atoms with E-state index in [0.29, 0.717) is 56.7 Å². The van der Waals surface area contributed by atoms with Gasteiger partial charge in [0, 0.05) is 45.5 Å². The first kappa shape index (κ1) is 27.0. The number of nitrogens with zero attached hydrogens (tertiary/aromatic N) is 5. The minimum atomic E-state index is -0.478. The normalized spacial score (nSPS) is 16.3. The number of amides is 3. The molecule has 1 fully saturated rings. The highest BCUT2D eigenvalue weighted by Gasteiger charge is 2.29. The minimum absolute atomic E-state index is 0.126. The third-order valence-corrected chi connectivity index (χ3v) is 6.39. The lowest BCUT2D eigenvalue weighted by Gasteiger charge is -2.29. The number of aryl methyl sites for hydroxylation is 1. The van der Waals surface area contributed by atoms with E-state index < -0.39 is 12.1 Å². The summed E-state index contributed by atoms with van der Waals surface area (Å²) in [5.41, 5.74) is 1.82. The third-order valence-electron chi connectivity index (χ3n) is 6.39. The van der Waals surface area contributed by atoms with E-state index >= 15 is 0 Å². The molecule has 4 rings (SSSR count). The number of nitriles is 1. The zero-order chi connectivity index (χ0) is 27.1. The maximum atomic E-state index is 13.2. The molecule has 0 radical (unpaired) electrons. The molecule has 1 N–H and O–H groups in total. The summed E-state index contributed by atoms with van der Waals surface area (Å²) < 4.78 is 16.0. The number of urea groups is 1. The second-order valence-electron chi connectivity index (χ2n) is 9.03. The van der Waals surface area contributed by atoms with Gasteiger partial charge in [0.05, 0.1) is 12.8 Å². The van der Waals surface area contributed by atoms with Gasteiger partial charge in [0.1, 0.15) is 47.4 Å². The van der Waals surface area contributed by atoms with E-state index in [9.17, 15) is 19.6 Å². The van der Waals surface area contributed by atoms with Crippen molar-refractivity contribution in [3.63, 3.8) is 0 Å². The Morgan fingerprint density at radius 1 is 1.34 bits per heavy atom. The van der Waals surface area contributed by atoms with Gasteiger partial charge in [-0.05, 0) is 37.3 Å². The zero-order valence-electron chi connectivity index (χ0n) is 21.4. The summed E-state index contributed by atoms with van der Waals surface area (Å²) in [7, 11) is 3.22. The van der Waals surface area contributed by atoms with Crippen molar-refractivity contribution in [2.24, 2.45) is 0 Å². The van der Waals surface area contributed by atoms with Crippen LogP contribution >= 0.6 is 0 Å². The molecule has 1 atom stereocenters. The fourth-order valence-electron chi connectivity index (χ4n) is 4.46. The summed E-state index contributed by atoms with van der Waals surface area (Å²) in [4.78, 5) is 49.5. The molecule has 3 amide bonds. The monoisotopic (exact) mass is 522 g/mol. The Balaban J connectivity index is 1.51. The van der Waals surface area contributed by atoms with Crippen molar-refractivity contribution in [3.05, 3.63) is 40.7 Å². The Kier molecular flexibility index (Phi) is 8.83. The number of rotatable bonds is 9. The Morgan fingerprint density at radius 3 is 2.89 bits per heavy atom. The summed E-state index contributed by atoms with van der Waals surface area (Å²) in [5.74, 6) is 0.744. The molecule has 0 saturated carbocycles. The van der Waals surface area contributed by atoms with Gasteiger partial charge in [-0.15, -0.1) is 0 Å². The van der Waals surface area contributed by atoms with Crippen LogP contribution in [0.25, 0.3) is 0 Å². The zero-order valence-corrected chi connectivity index (χ0v) is 21.4. The number of carbonyl (C=O) groups excluding carboxylic acids is 3. The lowest BCUT2D eigenvalue weighted by molar-refractivity contribution is -0.140. The Morgan fingerprint density at radius 2 is 2.18 bits per heavy atom. The highest BCUT2D eigenvalue weighted by molar-refractivity contribution is 6.01. The van der Waals surface area contributed by atoms with E-state index in [-0.39, 0.29) is 41.9 Å². The predicted molar refractivity (Wildman–Crippen MR) is 136 cm³/mol. The molecule has 0 spiro atoms. The quantitative estimate of drug-likeness (QED) is 0.387. The molecule has 0 aliphatic carbocycles. The van der Waals surface area contributed by atoms with Crippen LogP contribution in [0.15, 0.2) is 18.3 Å². The second-order valence-corrected chi connectivity index (χ2v) is 9.03. The van der Waals surface area contributed by atoms with Gasteiger partial charge in [0.2, 0.25) is 0 Å². The fraction of sp³-hybridized carbons (Fsp3) is 0.462. The van der Waals surface area contributed by atoms with Crippen LogP contribution in [0.3, 0.4) is 0 Å². The van der Waals surface area contributed by atoms with E-state index in [1.807, 2.05) is 12.1 Å². The topological polar surface area (TPSA) is 147 Å². The maximum Gasteiger partial charge on any atom is 0.328 e.